The Morgan fingerprint density at radius 2 is 1.64 bits per heavy atom. The van der Waals surface area contributed by atoms with Gasteiger partial charge in [0.15, 0.2) is 6.10 Å². The molecule has 0 spiro atoms. The summed E-state index contributed by atoms with van der Waals surface area (Å²) < 4.78 is 0.802. The minimum absolute atomic E-state index is 0.199. The number of amides is 4. The number of thioether (sulfide) groups is 1. The topological polar surface area (TPSA) is 111 Å². The molecule has 0 saturated carbocycles. The van der Waals surface area contributed by atoms with Crippen LogP contribution in [0.25, 0.3) is 0 Å². The molecule has 3 unspecified atom stereocenters. The van der Waals surface area contributed by atoms with E-state index in [9.17, 15) is 19.5 Å². The third-order valence-electron chi connectivity index (χ3n) is 8.01. The highest BCUT2D eigenvalue weighted by atomic mass is 79.9. The van der Waals surface area contributed by atoms with E-state index >= 15 is 0 Å². The van der Waals surface area contributed by atoms with Gasteiger partial charge >= 0.3 is 6.03 Å². The van der Waals surface area contributed by atoms with Gasteiger partial charge in [0, 0.05) is 20.2 Å². The zero-order chi connectivity index (χ0) is 32.9. The Bertz CT molecular complexity index is 1510. The molecular formula is C34H40Br2N4O4S. The largest absolute Gasteiger partial charge is 0.381 e. The summed E-state index contributed by atoms with van der Waals surface area (Å²) >= 11 is 8.58. The Hall–Kier alpha value is -2.86. The van der Waals surface area contributed by atoms with Crippen LogP contribution in [0.5, 0.6) is 0 Å². The number of aliphatic hydroxyl groups is 1. The van der Waals surface area contributed by atoms with E-state index in [0.29, 0.717) is 27.1 Å². The van der Waals surface area contributed by atoms with E-state index in [-0.39, 0.29) is 18.2 Å². The number of aryl methyl sites for hydroxylation is 1. The molecule has 11 heteroatoms. The van der Waals surface area contributed by atoms with Crippen molar-refractivity contribution < 1.29 is 19.5 Å². The van der Waals surface area contributed by atoms with Crippen LogP contribution in [0.1, 0.15) is 55.9 Å². The second-order valence-corrected chi connectivity index (χ2v) is 15.4. The van der Waals surface area contributed by atoms with Gasteiger partial charge in [0.05, 0.1) is 17.6 Å². The Morgan fingerprint density at radius 1 is 1.02 bits per heavy atom. The highest BCUT2D eigenvalue weighted by molar-refractivity contribution is 9.11. The van der Waals surface area contributed by atoms with Crippen LogP contribution < -0.4 is 16.0 Å². The summed E-state index contributed by atoms with van der Waals surface area (Å²) in [6, 6.07) is 18.7. The lowest BCUT2D eigenvalue weighted by molar-refractivity contribution is -0.147. The number of benzene rings is 3. The van der Waals surface area contributed by atoms with E-state index in [4.69, 9.17) is 0 Å². The fourth-order valence-electron chi connectivity index (χ4n) is 5.32. The van der Waals surface area contributed by atoms with E-state index in [1.165, 1.54) is 16.7 Å². The molecule has 3 atom stereocenters. The number of halogens is 2. The molecule has 1 fully saturated rings. The molecule has 4 rings (SSSR count). The van der Waals surface area contributed by atoms with Crippen molar-refractivity contribution in [2.24, 2.45) is 0 Å². The van der Waals surface area contributed by atoms with Gasteiger partial charge in [-0.15, -0.1) is 11.8 Å². The highest BCUT2D eigenvalue weighted by Crippen LogP contribution is 2.40. The fourth-order valence-corrected chi connectivity index (χ4v) is 7.88. The van der Waals surface area contributed by atoms with Gasteiger partial charge in [-0.1, -0.05) is 68.4 Å². The first-order valence-corrected chi connectivity index (χ1v) is 17.4. The van der Waals surface area contributed by atoms with E-state index in [0.717, 1.165) is 22.3 Å². The molecule has 240 valence electrons. The van der Waals surface area contributed by atoms with Crippen LogP contribution in [0.4, 0.5) is 10.5 Å². The summed E-state index contributed by atoms with van der Waals surface area (Å²) in [7, 11) is 0. The third kappa shape index (κ3) is 8.69. The molecule has 0 bridgehead atoms. The maximum Gasteiger partial charge on any atom is 0.319 e. The lowest BCUT2D eigenvalue weighted by Gasteiger charge is -2.33. The number of hydrogen-bond donors (Lipinski definition) is 4. The molecular weight excluding hydrogens is 720 g/mol. The molecule has 1 heterocycles. The van der Waals surface area contributed by atoms with Crippen molar-refractivity contribution in [3.8, 4) is 0 Å². The molecule has 45 heavy (non-hydrogen) atoms. The fraction of sp³-hybridized carbons (Fsp3) is 0.382. The standard InChI is InChI=1S/C34H40Br2N4O4S/c1-20(2)24-16-25(35)28(26(36)17-24)39-33(44)38-27(15-22-12-7-6-8-13-22)29(41)32(43)40-19-45-34(4,5)30(40)31(42)37-18-23-14-10-9-11-21(23)3/h6-14,16-17,20,27,29-30,41H,15,18-19H2,1-5H3,(H,37,42)(H2,38,39,44). The summed E-state index contributed by atoms with van der Waals surface area (Å²) in [4.78, 5) is 42.3. The third-order valence-corrected chi connectivity index (χ3v) is 10.6. The molecule has 8 nitrogen and oxygen atoms in total. The molecule has 1 aliphatic rings. The number of carbonyl (C=O) groups excluding carboxylic acids is 3. The van der Waals surface area contributed by atoms with Crippen LogP contribution in [0.3, 0.4) is 0 Å². The summed E-state index contributed by atoms with van der Waals surface area (Å²) in [5.41, 5.74) is 4.50. The van der Waals surface area contributed by atoms with E-state index in [1.807, 2.05) is 87.5 Å². The first-order valence-electron chi connectivity index (χ1n) is 14.8. The quantitative estimate of drug-likeness (QED) is 0.183. The molecule has 0 aliphatic carbocycles. The molecule has 4 amide bonds. The van der Waals surface area contributed by atoms with Gasteiger partial charge in [-0.25, -0.2) is 4.79 Å². The second kappa shape index (κ2) is 15.2. The van der Waals surface area contributed by atoms with Gasteiger partial charge in [-0.05, 0) is 99.4 Å². The van der Waals surface area contributed by atoms with Crippen molar-refractivity contribution in [3.63, 3.8) is 0 Å². The predicted octanol–water partition coefficient (Wildman–Crippen LogP) is 6.73. The number of urea groups is 1. The van der Waals surface area contributed by atoms with Crippen LogP contribution >= 0.6 is 43.6 Å². The van der Waals surface area contributed by atoms with Crippen LogP contribution in [-0.4, -0.2) is 56.7 Å². The maximum atomic E-state index is 14.0. The summed E-state index contributed by atoms with van der Waals surface area (Å²) in [6.45, 7) is 10.3. The molecule has 3 aromatic carbocycles. The first kappa shape index (κ1) is 35.0. The molecule has 4 N–H and O–H groups in total. The maximum absolute atomic E-state index is 14.0. The Labute approximate surface area is 286 Å². The minimum Gasteiger partial charge on any atom is -0.381 e. The van der Waals surface area contributed by atoms with Gasteiger partial charge in [-0.3, -0.25) is 9.59 Å². The zero-order valence-corrected chi connectivity index (χ0v) is 30.1. The lowest BCUT2D eigenvalue weighted by Crippen LogP contribution is -2.59. The first-order chi connectivity index (χ1) is 21.3. The van der Waals surface area contributed by atoms with E-state index in [1.54, 1.807) is 0 Å². The van der Waals surface area contributed by atoms with Crippen LogP contribution in [-0.2, 0) is 22.6 Å². The van der Waals surface area contributed by atoms with Crippen LogP contribution in [0.15, 0.2) is 75.7 Å². The number of hydrogen-bond acceptors (Lipinski definition) is 5. The molecule has 0 radical (unpaired) electrons. The normalized spacial score (nSPS) is 17.1. The van der Waals surface area contributed by atoms with Crippen LogP contribution in [0.2, 0.25) is 0 Å². The van der Waals surface area contributed by atoms with Crippen molar-refractivity contribution >= 4 is 67.2 Å². The summed E-state index contributed by atoms with van der Waals surface area (Å²) in [6.07, 6.45) is -1.41. The minimum atomic E-state index is -1.60. The van der Waals surface area contributed by atoms with Crippen molar-refractivity contribution in [2.75, 3.05) is 11.2 Å². The monoisotopic (exact) mass is 758 g/mol. The average molecular weight is 761 g/mol. The highest BCUT2D eigenvalue weighted by Gasteiger charge is 2.49. The zero-order valence-electron chi connectivity index (χ0n) is 26.1. The number of aliphatic hydroxyl groups excluding tert-OH is 1. The van der Waals surface area contributed by atoms with Crippen molar-refractivity contribution in [3.05, 3.63) is 97.9 Å². The molecule has 1 saturated heterocycles. The van der Waals surface area contributed by atoms with Crippen molar-refractivity contribution in [1.29, 1.82) is 0 Å². The predicted molar refractivity (Wildman–Crippen MR) is 188 cm³/mol. The lowest BCUT2D eigenvalue weighted by atomic mass is 9.97. The summed E-state index contributed by atoms with van der Waals surface area (Å²) in [5, 5.41) is 20.2. The van der Waals surface area contributed by atoms with Gasteiger partial charge < -0.3 is 26.0 Å². The van der Waals surface area contributed by atoms with E-state index in [2.05, 4.69) is 61.7 Å². The Balaban J connectivity index is 1.54. The summed E-state index contributed by atoms with van der Waals surface area (Å²) in [5.74, 6) is -0.385. The average Bonchev–Trinajstić information content (AvgIpc) is 3.32. The number of rotatable bonds is 10. The molecule has 1 aliphatic heterocycles. The van der Waals surface area contributed by atoms with Gasteiger partial charge in [0.25, 0.3) is 5.91 Å². The Morgan fingerprint density at radius 3 is 2.27 bits per heavy atom. The van der Waals surface area contributed by atoms with Gasteiger partial charge in [-0.2, -0.15) is 0 Å². The number of anilines is 1. The van der Waals surface area contributed by atoms with E-state index < -0.39 is 34.9 Å². The van der Waals surface area contributed by atoms with Gasteiger partial charge in [0.1, 0.15) is 6.04 Å². The molecule has 3 aromatic rings. The van der Waals surface area contributed by atoms with Crippen LogP contribution in [0, 0.1) is 6.92 Å². The smallest absolute Gasteiger partial charge is 0.319 e. The molecule has 0 aromatic heterocycles. The second-order valence-electron chi connectivity index (χ2n) is 12.1. The van der Waals surface area contributed by atoms with Crippen molar-refractivity contribution in [2.45, 2.75) is 76.4 Å². The Kier molecular flexibility index (Phi) is 11.8. The van der Waals surface area contributed by atoms with Gasteiger partial charge in [0.2, 0.25) is 5.91 Å². The number of nitrogens with zero attached hydrogens (tertiary/aromatic N) is 1. The SMILES string of the molecule is Cc1ccccc1CNC(=O)C1N(C(=O)C(O)C(Cc2ccccc2)NC(=O)Nc2c(Br)cc(C(C)C)cc2Br)CSC1(C)C. The number of carbonyl (C=O) groups is 3. The van der Waals surface area contributed by atoms with Crippen molar-refractivity contribution in [1.82, 2.24) is 15.5 Å². The number of nitrogens with one attached hydrogen (secondary N) is 3.